The van der Waals surface area contributed by atoms with Crippen molar-refractivity contribution in [3.63, 3.8) is 0 Å². The molecule has 0 aromatic carbocycles. The van der Waals surface area contributed by atoms with Gasteiger partial charge < -0.3 is 20.4 Å². The van der Waals surface area contributed by atoms with Crippen LogP contribution in [0.4, 0.5) is 17.6 Å². The molecule has 2 unspecified atom stereocenters. The van der Waals surface area contributed by atoms with Crippen molar-refractivity contribution in [2.75, 3.05) is 6.54 Å². The number of alkyl halides is 4. The second-order valence-electron chi connectivity index (χ2n) is 8.18. The molecular weight excluding hydrogens is 348 g/mol. The quantitative estimate of drug-likeness (QED) is 0.456. The first kappa shape index (κ1) is 17.0. The van der Waals surface area contributed by atoms with E-state index >= 15 is 0 Å². The Hall–Kier alpha value is -1.42. The first-order valence-corrected chi connectivity index (χ1v) is 8.13. The Labute approximate surface area is 140 Å². The maximum atomic E-state index is 14.0. The zero-order valence-electron chi connectivity index (χ0n) is 13.2. The number of hydrogen-bond acceptors (Lipinski definition) is 4. The molecule has 1 spiro atoms. The van der Waals surface area contributed by atoms with Crippen molar-refractivity contribution < 1.29 is 37.4 Å². The molecule has 1 saturated heterocycles. The van der Waals surface area contributed by atoms with Crippen LogP contribution in [0, 0.1) is 0 Å². The molecule has 1 heterocycles. The van der Waals surface area contributed by atoms with Crippen LogP contribution < -0.4 is 5.32 Å². The first-order chi connectivity index (χ1) is 11.3. The van der Waals surface area contributed by atoms with Crippen LogP contribution in [0.5, 0.6) is 0 Å². The Kier molecular flexibility index (Phi) is 3.03. The van der Waals surface area contributed by atoms with E-state index in [1.54, 1.807) is 0 Å². The number of nitrogens with one attached hydrogen (secondary N) is 1. The van der Waals surface area contributed by atoms with Gasteiger partial charge in [0.2, 0.25) is 0 Å². The Morgan fingerprint density at radius 3 is 2.12 bits per heavy atom. The van der Waals surface area contributed by atoms with Gasteiger partial charge in [0.25, 0.3) is 11.8 Å². The van der Waals surface area contributed by atoms with Gasteiger partial charge in [-0.3, -0.25) is 9.59 Å². The fraction of sp³-hybridized carbons (Fsp3) is 0.867. The van der Waals surface area contributed by atoms with Gasteiger partial charge in [-0.05, 0) is 25.7 Å². The van der Waals surface area contributed by atoms with E-state index in [-0.39, 0.29) is 19.3 Å². The van der Waals surface area contributed by atoms with E-state index in [4.69, 9.17) is 0 Å². The highest BCUT2D eigenvalue weighted by atomic mass is 19.3. The molecule has 2 amide bonds. The maximum Gasteiger partial charge on any atom is 0.312 e. The number of carbonyl (C=O) groups excluding carboxylic acids is 2. The van der Waals surface area contributed by atoms with Gasteiger partial charge in [0.1, 0.15) is 6.10 Å². The van der Waals surface area contributed by atoms with E-state index in [1.165, 1.54) is 0 Å². The predicted molar refractivity (Wildman–Crippen MR) is 73.9 cm³/mol. The fourth-order valence-corrected chi connectivity index (χ4v) is 5.04. The third kappa shape index (κ3) is 2.22. The average molecular weight is 366 g/mol. The van der Waals surface area contributed by atoms with Crippen LogP contribution in [-0.2, 0) is 9.59 Å². The van der Waals surface area contributed by atoms with Crippen molar-refractivity contribution >= 4 is 11.8 Å². The maximum absolute atomic E-state index is 14.0. The minimum absolute atomic E-state index is 0.279. The summed E-state index contributed by atoms with van der Waals surface area (Å²) in [5.41, 5.74) is -3.68. The smallest absolute Gasteiger partial charge is 0.312 e. The van der Waals surface area contributed by atoms with Gasteiger partial charge in [0, 0.05) is 18.4 Å². The molecular formula is C15H18F4N2O4. The zero-order chi connectivity index (χ0) is 18.5. The molecule has 25 heavy (non-hydrogen) atoms. The highest BCUT2D eigenvalue weighted by Crippen LogP contribution is 2.60. The number of nitrogens with zero attached hydrogens (tertiary/aromatic N) is 1. The summed E-state index contributed by atoms with van der Waals surface area (Å²) in [5, 5.41) is 22.0. The number of hydrogen-bond donors (Lipinski definition) is 3. The van der Waals surface area contributed by atoms with E-state index in [0.717, 1.165) is 0 Å². The van der Waals surface area contributed by atoms with Crippen molar-refractivity contribution in [3.8, 4) is 0 Å². The molecule has 0 aromatic heterocycles. The molecule has 0 radical (unpaired) electrons. The summed E-state index contributed by atoms with van der Waals surface area (Å²) in [4.78, 5) is 25.0. The van der Waals surface area contributed by atoms with Gasteiger partial charge >= 0.3 is 11.8 Å². The van der Waals surface area contributed by atoms with Crippen molar-refractivity contribution in [2.45, 2.75) is 73.2 Å². The summed E-state index contributed by atoms with van der Waals surface area (Å²) in [6.45, 7) is -1.27. The molecule has 5 fully saturated rings. The molecule has 140 valence electrons. The van der Waals surface area contributed by atoms with Gasteiger partial charge in [-0.15, -0.1) is 0 Å². The molecule has 1 aliphatic heterocycles. The summed E-state index contributed by atoms with van der Waals surface area (Å²) < 4.78 is 55.3. The lowest BCUT2D eigenvalue weighted by atomic mass is 9.46. The minimum Gasteiger partial charge on any atom is -0.390 e. The van der Waals surface area contributed by atoms with Gasteiger partial charge in [-0.1, -0.05) is 0 Å². The third-order valence-electron chi connectivity index (χ3n) is 6.12. The predicted octanol–water partition coefficient (Wildman–Crippen LogP) is 0.166. The van der Waals surface area contributed by atoms with E-state index in [1.807, 2.05) is 0 Å². The van der Waals surface area contributed by atoms with Crippen LogP contribution in [0.15, 0.2) is 0 Å². The van der Waals surface area contributed by atoms with E-state index in [9.17, 15) is 37.4 Å². The van der Waals surface area contributed by atoms with Gasteiger partial charge in [0.05, 0.1) is 17.7 Å². The lowest BCUT2D eigenvalue weighted by Crippen LogP contribution is -2.79. The number of likely N-dealkylation sites (tertiary alicyclic amines) is 1. The highest BCUT2D eigenvalue weighted by molar-refractivity contribution is 6.35. The minimum atomic E-state index is -3.76. The number of aliphatic hydroxyl groups is 2. The van der Waals surface area contributed by atoms with Crippen LogP contribution in [0.3, 0.4) is 0 Å². The zero-order valence-corrected chi connectivity index (χ0v) is 13.2. The van der Waals surface area contributed by atoms with E-state index in [2.05, 4.69) is 5.32 Å². The number of aliphatic hydroxyl groups excluding tert-OH is 1. The Bertz CT molecular complexity index is 650. The van der Waals surface area contributed by atoms with E-state index < -0.39 is 72.2 Å². The summed E-state index contributed by atoms with van der Waals surface area (Å²) in [6, 6.07) is 0. The van der Waals surface area contributed by atoms with Crippen LogP contribution >= 0.6 is 0 Å². The van der Waals surface area contributed by atoms with Gasteiger partial charge in [-0.2, -0.15) is 0 Å². The second kappa shape index (κ2) is 4.46. The van der Waals surface area contributed by atoms with Crippen molar-refractivity contribution in [2.24, 2.45) is 0 Å². The Balaban J connectivity index is 1.55. The fourth-order valence-electron chi connectivity index (χ4n) is 5.04. The topological polar surface area (TPSA) is 89.9 Å². The molecule has 2 bridgehead atoms. The van der Waals surface area contributed by atoms with Crippen molar-refractivity contribution in [1.29, 1.82) is 0 Å². The lowest BCUT2D eigenvalue weighted by Gasteiger charge is -2.67. The normalized spacial score (nSPS) is 45.8. The largest absolute Gasteiger partial charge is 0.390 e. The monoisotopic (exact) mass is 366 g/mol. The van der Waals surface area contributed by atoms with Gasteiger partial charge in [0.15, 0.2) is 0 Å². The molecule has 4 saturated carbocycles. The van der Waals surface area contributed by atoms with Crippen LogP contribution in [0.25, 0.3) is 0 Å². The molecule has 0 aromatic rings. The van der Waals surface area contributed by atoms with Gasteiger partial charge in [-0.25, -0.2) is 17.6 Å². The Morgan fingerprint density at radius 2 is 1.64 bits per heavy atom. The summed E-state index contributed by atoms with van der Waals surface area (Å²) >= 11 is 0. The lowest BCUT2D eigenvalue weighted by molar-refractivity contribution is -0.220. The molecule has 5 aliphatic rings. The molecule has 4 aliphatic carbocycles. The SMILES string of the molecule is O=C(NC12CC(O)(C1)C2)C(=O)N1CC(F)(F)C(O)C12CCC(F)(F)C2. The summed E-state index contributed by atoms with van der Waals surface area (Å²) in [5.74, 6) is -9.55. The van der Waals surface area contributed by atoms with Crippen LogP contribution in [-0.4, -0.2) is 68.1 Å². The highest BCUT2D eigenvalue weighted by Gasteiger charge is 2.71. The second-order valence-corrected chi connectivity index (χ2v) is 8.18. The number of carbonyl (C=O) groups is 2. The number of halogens is 4. The van der Waals surface area contributed by atoms with Crippen LogP contribution in [0.1, 0.15) is 38.5 Å². The summed E-state index contributed by atoms with van der Waals surface area (Å²) in [7, 11) is 0. The molecule has 10 heteroatoms. The van der Waals surface area contributed by atoms with Crippen molar-refractivity contribution in [3.05, 3.63) is 0 Å². The molecule has 2 atom stereocenters. The number of rotatable bonds is 1. The summed E-state index contributed by atoms with van der Waals surface area (Å²) in [6.07, 6.45) is -3.94. The average Bonchev–Trinajstić information content (AvgIpc) is 2.85. The first-order valence-electron chi connectivity index (χ1n) is 8.13. The standard InChI is InChI=1S/C15H18F4N2O4/c16-14(17)2-1-13(6-14)10(24)15(18,19)7-21(13)9(23)8(22)20-11-3-12(25,4-11)5-11/h10,24-25H,1-7H2,(H,20,22). The van der Waals surface area contributed by atoms with E-state index in [0.29, 0.717) is 4.90 Å². The van der Waals surface area contributed by atoms with Crippen LogP contribution in [0.2, 0.25) is 0 Å². The molecule has 6 nitrogen and oxygen atoms in total. The van der Waals surface area contributed by atoms with Crippen molar-refractivity contribution in [1.82, 2.24) is 10.2 Å². The molecule has 5 rings (SSSR count). The Morgan fingerprint density at radius 1 is 1.04 bits per heavy atom. The third-order valence-corrected chi connectivity index (χ3v) is 6.12. The molecule has 3 N–H and O–H groups in total. The number of amides is 2.